The molecule has 118 valence electrons. The number of ether oxygens (including phenoxy) is 1. The van der Waals surface area contributed by atoms with Crippen molar-refractivity contribution in [2.45, 2.75) is 13.8 Å². The van der Waals surface area contributed by atoms with Gasteiger partial charge in [-0.1, -0.05) is 50.2 Å². The highest BCUT2D eigenvalue weighted by Gasteiger charge is 2.09. The fourth-order valence-corrected chi connectivity index (χ4v) is 2.69. The van der Waals surface area contributed by atoms with Crippen LogP contribution in [0.3, 0.4) is 0 Å². The van der Waals surface area contributed by atoms with Gasteiger partial charge in [-0.25, -0.2) is 4.79 Å². The van der Waals surface area contributed by atoms with E-state index in [-0.39, 0.29) is 5.92 Å². The second kappa shape index (κ2) is 6.24. The van der Waals surface area contributed by atoms with Gasteiger partial charge in [-0.15, -0.1) is 0 Å². The number of fused-ring (bicyclic) bond motifs is 2. The molecule has 0 aliphatic rings. The number of amides is 1. The lowest BCUT2D eigenvalue weighted by Gasteiger charge is -2.11. The average Bonchev–Trinajstić information content (AvgIpc) is 2.57. The molecule has 23 heavy (non-hydrogen) atoms. The van der Waals surface area contributed by atoms with Gasteiger partial charge in [0.25, 0.3) is 0 Å². The van der Waals surface area contributed by atoms with E-state index in [9.17, 15) is 4.79 Å². The fraction of sp³-hybridized carbons (Fsp3) is 0.263. The van der Waals surface area contributed by atoms with E-state index in [4.69, 9.17) is 4.74 Å². The van der Waals surface area contributed by atoms with Crippen LogP contribution in [0.1, 0.15) is 13.8 Å². The van der Waals surface area contributed by atoms with Crippen molar-refractivity contribution in [3.05, 3.63) is 53.9 Å². The van der Waals surface area contributed by atoms with Gasteiger partial charge in [0.15, 0.2) is 0 Å². The number of nitrogens with zero attached hydrogens (tertiary/aromatic N) is 2. The molecule has 0 saturated carbocycles. The smallest absolute Gasteiger partial charge is 0.434 e. The highest BCUT2D eigenvalue weighted by atomic mass is 16.5. The summed E-state index contributed by atoms with van der Waals surface area (Å²) in [6, 6.07) is 15.9. The van der Waals surface area contributed by atoms with Gasteiger partial charge in [-0.3, -0.25) is 0 Å². The number of pyridine rings is 1. The van der Waals surface area contributed by atoms with Gasteiger partial charge >= 0.3 is 6.09 Å². The van der Waals surface area contributed by atoms with E-state index in [1.165, 1.54) is 0 Å². The molecular weight excluding hydrogens is 288 g/mol. The van der Waals surface area contributed by atoms with Crippen LogP contribution >= 0.6 is 0 Å². The summed E-state index contributed by atoms with van der Waals surface area (Å²) in [4.78, 5) is 16.3. The van der Waals surface area contributed by atoms with Crippen LogP contribution in [-0.2, 0) is 11.8 Å². The highest BCUT2D eigenvalue weighted by molar-refractivity contribution is 5.94. The quantitative estimate of drug-likeness (QED) is 0.671. The summed E-state index contributed by atoms with van der Waals surface area (Å²) >= 11 is 0. The Balaban J connectivity index is 2.28. The van der Waals surface area contributed by atoms with Gasteiger partial charge in [0, 0.05) is 17.8 Å². The van der Waals surface area contributed by atoms with Crippen LogP contribution < -0.4 is 5.36 Å². The third-order valence-electron chi connectivity index (χ3n) is 3.78. The van der Waals surface area contributed by atoms with Crippen LogP contribution in [0.2, 0.25) is 0 Å². The molecule has 0 radical (unpaired) electrons. The molecule has 0 aliphatic carbocycles. The molecule has 0 aliphatic heterocycles. The Hall–Kier alpha value is -2.62. The molecule has 1 amide bonds. The Bertz CT molecular complexity index is 879. The molecule has 0 unspecified atom stereocenters. The molecule has 1 aromatic heterocycles. The molecule has 3 rings (SSSR count). The molecule has 0 atom stereocenters. The summed E-state index contributed by atoms with van der Waals surface area (Å²) in [6.07, 6.45) is -0.539. The van der Waals surface area contributed by atoms with E-state index in [1.807, 2.05) is 69.4 Å². The Labute approximate surface area is 135 Å². The van der Waals surface area contributed by atoms with E-state index in [0.717, 1.165) is 21.8 Å². The van der Waals surface area contributed by atoms with Gasteiger partial charge in [-0.05, 0) is 18.1 Å². The maximum atomic E-state index is 12.1. The molecule has 0 bridgehead atoms. The van der Waals surface area contributed by atoms with Crippen LogP contribution in [0.15, 0.2) is 53.5 Å². The molecule has 0 saturated heterocycles. The minimum atomic E-state index is -0.539. The number of aryl methyl sites for hydroxylation is 1. The monoisotopic (exact) mass is 308 g/mol. The largest absolute Gasteiger partial charge is 0.448 e. The molecule has 0 fully saturated rings. The summed E-state index contributed by atoms with van der Waals surface area (Å²) in [5.41, 5.74) is 2.06. The average molecular weight is 308 g/mol. The number of carbonyl (C=O) groups excluding carboxylic acids is 1. The minimum Gasteiger partial charge on any atom is -0.448 e. The van der Waals surface area contributed by atoms with Gasteiger partial charge in [0.05, 0.1) is 23.0 Å². The molecule has 3 aromatic rings. The summed E-state index contributed by atoms with van der Waals surface area (Å²) in [6.45, 7) is 4.37. The van der Waals surface area contributed by atoms with E-state index in [0.29, 0.717) is 12.0 Å². The molecule has 4 heteroatoms. The van der Waals surface area contributed by atoms with Crippen LogP contribution in [0.4, 0.5) is 4.79 Å². The zero-order chi connectivity index (χ0) is 16.4. The van der Waals surface area contributed by atoms with Gasteiger partial charge in [0.1, 0.15) is 0 Å². The normalized spacial score (nSPS) is 11.1. The zero-order valence-corrected chi connectivity index (χ0v) is 13.6. The molecule has 0 spiro atoms. The van der Waals surface area contributed by atoms with Crippen molar-refractivity contribution >= 4 is 27.9 Å². The van der Waals surface area contributed by atoms with Crippen LogP contribution in [0.25, 0.3) is 21.8 Å². The second-order valence-corrected chi connectivity index (χ2v) is 6.02. The van der Waals surface area contributed by atoms with Crippen molar-refractivity contribution in [1.82, 2.24) is 4.57 Å². The summed E-state index contributed by atoms with van der Waals surface area (Å²) < 4.78 is 7.34. The maximum Gasteiger partial charge on any atom is 0.434 e. The number of carbonyl (C=O) groups is 1. The molecular formula is C19H20N2O2. The van der Waals surface area contributed by atoms with Crippen molar-refractivity contribution in [1.29, 1.82) is 0 Å². The molecule has 2 aromatic carbocycles. The van der Waals surface area contributed by atoms with Gasteiger partial charge < -0.3 is 9.30 Å². The number of para-hydroxylation sites is 2. The lowest BCUT2D eigenvalue weighted by molar-refractivity contribution is 0.142. The second-order valence-electron chi connectivity index (χ2n) is 6.02. The van der Waals surface area contributed by atoms with Gasteiger partial charge in [0.2, 0.25) is 0 Å². The number of aromatic nitrogens is 1. The SMILES string of the molecule is CC(C)COC(=O)N=c1c2ccccc2n(C)c2ccccc12. The van der Waals surface area contributed by atoms with Crippen molar-refractivity contribution in [3.8, 4) is 0 Å². The van der Waals surface area contributed by atoms with Crippen LogP contribution in [-0.4, -0.2) is 17.3 Å². The lowest BCUT2D eigenvalue weighted by atomic mass is 10.1. The highest BCUT2D eigenvalue weighted by Crippen LogP contribution is 2.17. The summed E-state index contributed by atoms with van der Waals surface area (Å²) in [7, 11) is 2.02. The molecule has 1 heterocycles. The predicted octanol–water partition coefficient (Wildman–Crippen LogP) is 4.02. The Morgan fingerprint density at radius 1 is 1.04 bits per heavy atom. The minimum absolute atomic E-state index is 0.288. The standard InChI is InChI=1S/C19H20N2O2/c1-13(2)12-23-19(22)20-18-14-8-4-6-10-16(14)21(3)17-11-7-5-9-15(17)18/h4-11,13H,12H2,1-3H3. The first-order valence-corrected chi connectivity index (χ1v) is 7.76. The Morgan fingerprint density at radius 2 is 1.57 bits per heavy atom. The van der Waals surface area contributed by atoms with Crippen LogP contribution in [0.5, 0.6) is 0 Å². The van der Waals surface area contributed by atoms with Gasteiger partial charge in [-0.2, -0.15) is 4.99 Å². The Kier molecular flexibility index (Phi) is 4.15. The first kappa shape index (κ1) is 15.3. The van der Waals surface area contributed by atoms with Crippen molar-refractivity contribution in [2.24, 2.45) is 18.0 Å². The number of hydrogen-bond donors (Lipinski definition) is 0. The van der Waals surface area contributed by atoms with E-state index in [1.54, 1.807) is 0 Å². The van der Waals surface area contributed by atoms with E-state index < -0.39 is 6.09 Å². The third-order valence-corrected chi connectivity index (χ3v) is 3.78. The molecule has 4 nitrogen and oxygen atoms in total. The summed E-state index contributed by atoms with van der Waals surface area (Å²) in [5.74, 6) is 0.288. The first-order valence-electron chi connectivity index (χ1n) is 7.76. The van der Waals surface area contributed by atoms with Crippen molar-refractivity contribution in [3.63, 3.8) is 0 Å². The number of benzene rings is 2. The fourth-order valence-electron chi connectivity index (χ4n) is 2.69. The topological polar surface area (TPSA) is 43.6 Å². The summed E-state index contributed by atoms with van der Waals surface area (Å²) in [5, 5.41) is 2.55. The Morgan fingerprint density at radius 3 is 2.09 bits per heavy atom. The predicted molar refractivity (Wildman–Crippen MR) is 92.2 cm³/mol. The molecule has 0 N–H and O–H groups in total. The van der Waals surface area contributed by atoms with E-state index in [2.05, 4.69) is 9.56 Å². The van der Waals surface area contributed by atoms with Crippen LogP contribution in [0, 0.1) is 5.92 Å². The van der Waals surface area contributed by atoms with Crippen molar-refractivity contribution < 1.29 is 9.53 Å². The van der Waals surface area contributed by atoms with Crippen molar-refractivity contribution in [2.75, 3.05) is 6.61 Å². The van der Waals surface area contributed by atoms with E-state index >= 15 is 0 Å². The number of rotatable bonds is 2. The first-order chi connectivity index (χ1) is 11.1. The maximum absolute atomic E-state index is 12.1. The number of hydrogen-bond acceptors (Lipinski definition) is 2. The lowest BCUT2D eigenvalue weighted by Crippen LogP contribution is -2.15. The third kappa shape index (κ3) is 2.97. The zero-order valence-electron chi connectivity index (χ0n) is 13.6.